The number of amides is 1. The van der Waals surface area contributed by atoms with Crippen LogP contribution >= 0.6 is 23.2 Å². The Morgan fingerprint density at radius 1 is 1.05 bits per heavy atom. The van der Waals surface area contributed by atoms with Crippen LogP contribution in [0.5, 0.6) is 11.5 Å². The Morgan fingerprint density at radius 3 is 2.45 bits per heavy atom. The van der Waals surface area contributed by atoms with Crippen LogP contribution in [-0.4, -0.2) is 26.0 Å². The number of rotatable bonds is 6. The van der Waals surface area contributed by atoms with E-state index in [9.17, 15) is 22.9 Å². The number of hydrogen-bond donors (Lipinski definition) is 2. The van der Waals surface area contributed by atoms with Gasteiger partial charge in [-0.3, -0.25) is 9.35 Å². The second kappa shape index (κ2) is 12.0. The largest absolute Gasteiger partial charge is 1.00 e. The van der Waals surface area contributed by atoms with Gasteiger partial charge in [-0.1, -0.05) is 59.3 Å². The Morgan fingerprint density at radius 2 is 1.76 bits per heavy atom. The SMILES string of the molecule is COc1cccc(NC(=O)c2cc3ccccc3c(N=Nc3cc(Cl)c(C)c(S(=O)(=O)O)c3)c2[O-])c1Cl.[Na+]. The van der Waals surface area contributed by atoms with Gasteiger partial charge in [0.2, 0.25) is 0 Å². The van der Waals surface area contributed by atoms with Crippen molar-refractivity contribution >= 4 is 67.1 Å². The molecular formula is C25H18Cl2N3NaO6S. The number of anilines is 1. The summed E-state index contributed by atoms with van der Waals surface area (Å²) in [6, 6.07) is 15.4. The Bertz CT molecular complexity index is 1700. The van der Waals surface area contributed by atoms with Crippen molar-refractivity contribution in [2.75, 3.05) is 12.4 Å². The van der Waals surface area contributed by atoms with E-state index < -0.39 is 26.7 Å². The van der Waals surface area contributed by atoms with Crippen LogP contribution < -0.4 is 44.7 Å². The molecule has 1 amide bonds. The zero-order chi connectivity index (χ0) is 26.9. The van der Waals surface area contributed by atoms with Gasteiger partial charge in [0.15, 0.2) is 0 Å². The normalized spacial score (nSPS) is 11.4. The number of nitrogens with zero attached hydrogens (tertiary/aromatic N) is 2. The summed E-state index contributed by atoms with van der Waals surface area (Å²) in [7, 11) is -3.15. The van der Waals surface area contributed by atoms with E-state index in [2.05, 4.69) is 15.5 Å². The number of hydrogen-bond acceptors (Lipinski definition) is 7. The number of ether oxygens (including phenoxy) is 1. The average molecular weight is 582 g/mol. The second-order valence-corrected chi connectivity index (χ2v) is 10.00. The first-order valence-electron chi connectivity index (χ1n) is 10.6. The number of methoxy groups -OCH3 is 1. The quantitative estimate of drug-likeness (QED) is 0.203. The molecule has 0 aromatic heterocycles. The van der Waals surface area contributed by atoms with Crippen LogP contribution in [0.1, 0.15) is 15.9 Å². The third kappa shape index (κ3) is 6.13. The number of halogens is 2. The Kier molecular flexibility index (Phi) is 9.43. The van der Waals surface area contributed by atoms with Gasteiger partial charge in [-0.15, -0.1) is 0 Å². The van der Waals surface area contributed by atoms with Crippen LogP contribution in [0.2, 0.25) is 10.0 Å². The first kappa shape index (κ1) is 29.9. The average Bonchev–Trinajstić information content (AvgIpc) is 2.85. The molecule has 0 spiro atoms. The number of azo groups is 1. The summed E-state index contributed by atoms with van der Waals surface area (Å²) < 4.78 is 38.1. The second-order valence-electron chi connectivity index (χ2n) is 7.82. The van der Waals surface area contributed by atoms with Crippen LogP contribution in [-0.2, 0) is 10.1 Å². The van der Waals surface area contributed by atoms with Gasteiger partial charge in [-0.05, 0) is 48.2 Å². The molecule has 190 valence electrons. The molecule has 0 saturated heterocycles. The van der Waals surface area contributed by atoms with Crippen molar-refractivity contribution in [2.45, 2.75) is 11.8 Å². The van der Waals surface area contributed by atoms with E-state index in [0.29, 0.717) is 16.5 Å². The Balaban J connectivity index is 0.00000400. The van der Waals surface area contributed by atoms with E-state index in [1.807, 2.05) is 0 Å². The Labute approximate surface area is 250 Å². The monoisotopic (exact) mass is 581 g/mol. The van der Waals surface area contributed by atoms with E-state index in [1.54, 1.807) is 42.5 Å². The van der Waals surface area contributed by atoms with Crippen molar-refractivity contribution in [3.05, 3.63) is 81.8 Å². The number of fused-ring (bicyclic) bond motifs is 1. The smallest absolute Gasteiger partial charge is 0.870 e. The molecule has 0 aliphatic carbocycles. The predicted octanol–water partition coefficient (Wildman–Crippen LogP) is 3.46. The third-order valence-corrected chi connectivity index (χ3v) is 7.24. The minimum atomic E-state index is -4.58. The van der Waals surface area contributed by atoms with Gasteiger partial charge in [0, 0.05) is 16.0 Å². The molecule has 0 aliphatic heterocycles. The zero-order valence-corrected chi connectivity index (χ0v) is 24.6. The van der Waals surface area contributed by atoms with Crippen molar-refractivity contribution < 1.29 is 57.2 Å². The van der Waals surface area contributed by atoms with Gasteiger partial charge in [-0.25, -0.2) is 0 Å². The van der Waals surface area contributed by atoms with Gasteiger partial charge in [0.25, 0.3) is 16.0 Å². The summed E-state index contributed by atoms with van der Waals surface area (Å²) >= 11 is 12.4. The summed E-state index contributed by atoms with van der Waals surface area (Å²) in [5.41, 5.74) is -0.0105. The number of carbonyl (C=O) groups excluding carboxylic acids is 1. The van der Waals surface area contributed by atoms with E-state index in [-0.39, 0.29) is 67.8 Å². The van der Waals surface area contributed by atoms with Gasteiger partial charge in [0.05, 0.1) is 24.2 Å². The van der Waals surface area contributed by atoms with Crippen molar-refractivity contribution in [1.82, 2.24) is 0 Å². The molecule has 0 bridgehead atoms. The maximum atomic E-state index is 13.4. The number of carbonyl (C=O) groups is 1. The van der Waals surface area contributed by atoms with Crippen molar-refractivity contribution in [1.29, 1.82) is 0 Å². The van der Waals surface area contributed by atoms with Crippen LogP contribution in [0, 0.1) is 6.92 Å². The van der Waals surface area contributed by atoms with Gasteiger partial charge in [-0.2, -0.15) is 18.6 Å². The first-order valence-corrected chi connectivity index (χ1v) is 12.8. The number of nitrogens with one attached hydrogen (secondary N) is 1. The van der Waals surface area contributed by atoms with Crippen LogP contribution in [0.15, 0.2) is 75.8 Å². The number of benzene rings is 4. The fourth-order valence-electron chi connectivity index (χ4n) is 3.61. The third-order valence-electron chi connectivity index (χ3n) is 5.48. The minimum Gasteiger partial charge on any atom is -0.870 e. The van der Waals surface area contributed by atoms with Gasteiger partial charge < -0.3 is 15.2 Å². The molecule has 0 heterocycles. The molecule has 0 unspecified atom stereocenters. The summed E-state index contributed by atoms with van der Waals surface area (Å²) in [4.78, 5) is 12.7. The van der Waals surface area contributed by atoms with Crippen LogP contribution in [0.3, 0.4) is 0 Å². The van der Waals surface area contributed by atoms with Crippen LogP contribution in [0.25, 0.3) is 10.8 Å². The Hall–Kier alpha value is -2.70. The predicted molar refractivity (Wildman–Crippen MR) is 140 cm³/mol. The molecule has 13 heteroatoms. The van der Waals surface area contributed by atoms with E-state index in [4.69, 9.17) is 27.9 Å². The van der Waals surface area contributed by atoms with Gasteiger partial charge >= 0.3 is 29.6 Å². The topological polar surface area (TPSA) is 140 Å². The van der Waals surface area contributed by atoms with E-state index >= 15 is 0 Å². The van der Waals surface area contributed by atoms with Crippen molar-refractivity contribution in [3.8, 4) is 11.5 Å². The molecule has 0 atom stereocenters. The molecule has 38 heavy (non-hydrogen) atoms. The fraction of sp³-hybridized carbons (Fsp3) is 0.0800. The van der Waals surface area contributed by atoms with E-state index in [1.165, 1.54) is 26.2 Å². The summed E-state index contributed by atoms with van der Waals surface area (Å²) in [6.45, 7) is 1.42. The molecule has 0 saturated carbocycles. The van der Waals surface area contributed by atoms with E-state index in [0.717, 1.165) is 6.07 Å². The molecule has 0 aliphatic rings. The van der Waals surface area contributed by atoms with Crippen molar-refractivity contribution in [2.24, 2.45) is 10.2 Å². The molecular weight excluding hydrogens is 564 g/mol. The maximum Gasteiger partial charge on any atom is 1.00 e. The minimum absolute atomic E-state index is 0. The molecule has 0 fully saturated rings. The zero-order valence-electron chi connectivity index (χ0n) is 20.3. The van der Waals surface area contributed by atoms with Gasteiger partial charge in [0.1, 0.15) is 15.7 Å². The molecule has 9 nitrogen and oxygen atoms in total. The maximum absolute atomic E-state index is 13.4. The summed E-state index contributed by atoms with van der Waals surface area (Å²) in [5.74, 6) is -1.10. The molecule has 0 radical (unpaired) electrons. The summed E-state index contributed by atoms with van der Waals surface area (Å²) in [6.07, 6.45) is 0. The van der Waals surface area contributed by atoms with Crippen LogP contribution in [0.4, 0.5) is 17.1 Å². The first-order chi connectivity index (χ1) is 17.5. The molecule has 2 N–H and O–H groups in total. The molecule has 4 aromatic rings. The molecule has 4 aromatic carbocycles. The fourth-order valence-corrected chi connectivity index (χ4v) is 4.89. The summed E-state index contributed by atoms with van der Waals surface area (Å²) in [5, 5.41) is 25.1. The molecule has 4 rings (SSSR count). The van der Waals surface area contributed by atoms with Crippen molar-refractivity contribution in [3.63, 3.8) is 0 Å². The standard InChI is InChI=1S/C25H19Cl2N3O6S.Na/c1-13-18(26)11-15(12-21(13)37(33,34)35)29-30-23-16-7-4-3-6-14(16)10-17(24(23)31)25(32)28-19-8-5-9-20(36-2)22(19)27;/h3-12,31H,1-2H3,(H,28,32)(H,33,34,35);/q;+1/p-1.